The van der Waals surface area contributed by atoms with E-state index in [1.54, 1.807) is 52.4 Å². The molecule has 2 aromatic rings. The quantitative estimate of drug-likeness (QED) is 0.391. The Kier molecular flexibility index (Phi) is 7.36. The summed E-state index contributed by atoms with van der Waals surface area (Å²) in [4.78, 5) is 36.9. The summed E-state index contributed by atoms with van der Waals surface area (Å²) in [6.07, 6.45) is 1.75. The number of carbonyl (C=O) groups is 2. The van der Waals surface area contributed by atoms with Crippen LogP contribution in [0.5, 0.6) is 0 Å². The Balaban J connectivity index is 2.05. The Labute approximate surface area is 178 Å². The van der Waals surface area contributed by atoms with Crippen molar-refractivity contribution in [1.29, 1.82) is 0 Å². The van der Waals surface area contributed by atoms with Crippen molar-refractivity contribution in [3.8, 4) is 0 Å². The molecular weight excluding hydrogens is 409 g/mol. The van der Waals surface area contributed by atoms with Gasteiger partial charge in [0.1, 0.15) is 17.7 Å². The van der Waals surface area contributed by atoms with Crippen LogP contribution < -0.4 is 5.73 Å². The standard InChI is InChI=1S/C19H30N5O5P/c1-18(2,3)16(25)28-14(29-17(26)19(4,5)6)15(30)27-8-7-24-10-23-11-12(20)21-9-22-13(11)24/h9-10,14-15H,7-8,30H2,1-6H3,(H2,20,21,22). The maximum Gasteiger partial charge on any atom is 0.314 e. The monoisotopic (exact) mass is 439 g/mol. The number of anilines is 1. The van der Waals surface area contributed by atoms with E-state index in [2.05, 4.69) is 24.2 Å². The molecule has 30 heavy (non-hydrogen) atoms. The number of nitrogens with zero attached hydrogens (tertiary/aromatic N) is 4. The lowest BCUT2D eigenvalue weighted by molar-refractivity contribution is -0.212. The van der Waals surface area contributed by atoms with Crippen LogP contribution in [-0.2, 0) is 30.3 Å². The molecule has 0 aliphatic heterocycles. The second kappa shape index (κ2) is 9.22. The van der Waals surface area contributed by atoms with Crippen LogP contribution in [0.25, 0.3) is 11.2 Å². The van der Waals surface area contributed by atoms with E-state index in [0.29, 0.717) is 23.5 Å². The van der Waals surface area contributed by atoms with Gasteiger partial charge in [-0.3, -0.25) is 9.59 Å². The van der Waals surface area contributed by atoms with E-state index >= 15 is 0 Å². The van der Waals surface area contributed by atoms with Crippen LogP contribution in [-0.4, -0.2) is 50.2 Å². The van der Waals surface area contributed by atoms with E-state index in [4.69, 9.17) is 19.9 Å². The van der Waals surface area contributed by atoms with Gasteiger partial charge in [0, 0.05) is 6.54 Å². The molecule has 0 saturated carbocycles. The lowest BCUT2D eigenvalue weighted by atomic mass is 9.97. The molecule has 0 aromatic carbocycles. The largest absolute Gasteiger partial charge is 0.421 e. The second-order valence-electron chi connectivity index (χ2n) is 8.88. The maximum atomic E-state index is 12.3. The van der Waals surface area contributed by atoms with Crippen molar-refractivity contribution < 1.29 is 23.8 Å². The SMILES string of the molecule is CC(C)(C)C(=O)OC(OC(=O)C(C)(C)C)C(P)OCCn1cnc2c(N)ncnc21. The summed E-state index contributed by atoms with van der Waals surface area (Å²) in [5.74, 6) is -1.47. The Morgan fingerprint density at radius 3 is 2.17 bits per heavy atom. The number of nitrogens with two attached hydrogens (primary N) is 1. The van der Waals surface area contributed by atoms with Crippen LogP contribution in [0.15, 0.2) is 12.7 Å². The third-order valence-electron chi connectivity index (χ3n) is 4.01. The predicted octanol–water partition coefficient (Wildman–Crippen LogP) is 2.13. The molecule has 0 aliphatic rings. The molecule has 11 heteroatoms. The Hall–Kier alpha value is -2.32. The molecule has 2 unspecified atom stereocenters. The van der Waals surface area contributed by atoms with Crippen molar-refractivity contribution >= 4 is 38.2 Å². The molecule has 2 atom stereocenters. The fourth-order valence-corrected chi connectivity index (χ4v) is 2.44. The molecule has 0 radical (unpaired) electrons. The van der Waals surface area contributed by atoms with Gasteiger partial charge in [-0.2, -0.15) is 0 Å². The molecule has 0 saturated heterocycles. The van der Waals surface area contributed by atoms with Crippen LogP contribution >= 0.6 is 9.24 Å². The molecule has 2 N–H and O–H groups in total. The number of esters is 2. The lowest BCUT2D eigenvalue weighted by Crippen LogP contribution is -2.40. The van der Waals surface area contributed by atoms with Gasteiger partial charge in [-0.25, -0.2) is 15.0 Å². The van der Waals surface area contributed by atoms with Crippen LogP contribution in [0.1, 0.15) is 41.5 Å². The van der Waals surface area contributed by atoms with Crippen molar-refractivity contribution in [1.82, 2.24) is 19.5 Å². The molecule has 0 fully saturated rings. The molecule has 166 valence electrons. The summed E-state index contributed by atoms with van der Waals surface area (Å²) in [5.41, 5.74) is 5.37. The molecule has 2 aromatic heterocycles. The third-order valence-corrected chi connectivity index (χ3v) is 4.52. The summed E-state index contributed by atoms with van der Waals surface area (Å²) in [6, 6.07) is 0. The molecule has 10 nitrogen and oxygen atoms in total. The zero-order valence-electron chi connectivity index (χ0n) is 18.2. The van der Waals surface area contributed by atoms with Crippen LogP contribution in [0.3, 0.4) is 0 Å². The topological polar surface area (TPSA) is 131 Å². The highest BCUT2D eigenvalue weighted by Crippen LogP contribution is 2.24. The van der Waals surface area contributed by atoms with Crippen molar-refractivity contribution in [2.75, 3.05) is 12.3 Å². The highest BCUT2D eigenvalue weighted by atomic mass is 31.0. The average Bonchev–Trinajstić information content (AvgIpc) is 3.03. The minimum atomic E-state index is -1.20. The van der Waals surface area contributed by atoms with Crippen molar-refractivity contribution in [2.24, 2.45) is 10.8 Å². The number of hydrogen-bond donors (Lipinski definition) is 1. The normalized spacial score (nSPS) is 13.5. The van der Waals surface area contributed by atoms with E-state index in [1.807, 2.05) is 0 Å². The molecule has 0 spiro atoms. The van der Waals surface area contributed by atoms with Crippen molar-refractivity contribution in [3.63, 3.8) is 0 Å². The van der Waals surface area contributed by atoms with Gasteiger partial charge in [-0.1, -0.05) is 9.24 Å². The summed E-state index contributed by atoms with van der Waals surface area (Å²) >= 11 is 0. The minimum Gasteiger partial charge on any atom is -0.421 e. The predicted molar refractivity (Wildman–Crippen MR) is 114 cm³/mol. The van der Waals surface area contributed by atoms with E-state index in [9.17, 15) is 9.59 Å². The smallest absolute Gasteiger partial charge is 0.314 e. The fourth-order valence-electron chi connectivity index (χ4n) is 2.15. The number of imidazole rings is 1. The number of fused-ring (bicyclic) bond motifs is 1. The molecule has 0 aliphatic carbocycles. The number of rotatable bonds is 7. The van der Waals surface area contributed by atoms with Gasteiger partial charge in [-0.05, 0) is 41.5 Å². The zero-order valence-corrected chi connectivity index (χ0v) is 19.4. The van der Waals surface area contributed by atoms with Crippen LogP contribution in [0.4, 0.5) is 5.82 Å². The van der Waals surface area contributed by atoms with E-state index in [-0.39, 0.29) is 6.61 Å². The maximum absolute atomic E-state index is 12.3. The number of aromatic nitrogens is 4. The first-order valence-corrected chi connectivity index (χ1v) is 10.2. The average molecular weight is 439 g/mol. The summed E-state index contributed by atoms with van der Waals surface area (Å²) in [6.45, 7) is 10.9. The molecular formula is C19H30N5O5P. The van der Waals surface area contributed by atoms with Gasteiger partial charge < -0.3 is 24.5 Å². The van der Waals surface area contributed by atoms with Crippen molar-refractivity contribution in [2.45, 2.75) is 60.2 Å². The van der Waals surface area contributed by atoms with Crippen LogP contribution in [0.2, 0.25) is 0 Å². The van der Waals surface area contributed by atoms with Gasteiger partial charge in [0.15, 0.2) is 11.5 Å². The molecule has 2 heterocycles. The van der Waals surface area contributed by atoms with E-state index < -0.39 is 34.9 Å². The van der Waals surface area contributed by atoms with Crippen LogP contribution in [0, 0.1) is 10.8 Å². The number of hydrogen-bond acceptors (Lipinski definition) is 9. The molecule has 2 rings (SSSR count). The van der Waals surface area contributed by atoms with Gasteiger partial charge in [0.05, 0.1) is 23.8 Å². The first-order chi connectivity index (χ1) is 13.8. The minimum absolute atomic E-state index is 0.222. The lowest BCUT2D eigenvalue weighted by Gasteiger charge is -2.29. The fraction of sp³-hybridized carbons (Fsp3) is 0.632. The molecule has 0 amide bonds. The van der Waals surface area contributed by atoms with Gasteiger partial charge >= 0.3 is 11.9 Å². The zero-order chi connectivity index (χ0) is 22.7. The number of ether oxygens (including phenoxy) is 3. The Morgan fingerprint density at radius 2 is 1.63 bits per heavy atom. The highest BCUT2D eigenvalue weighted by Gasteiger charge is 2.35. The Bertz CT molecular complexity index is 875. The highest BCUT2D eigenvalue weighted by molar-refractivity contribution is 7.17. The van der Waals surface area contributed by atoms with E-state index in [1.165, 1.54) is 6.33 Å². The summed E-state index contributed by atoms with van der Waals surface area (Å²) in [5, 5.41) is 0. The van der Waals surface area contributed by atoms with Crippen molar-refractivity contribution in [3.05, 3.63) is 12.7 Å². The van der Waals surface area contributed by atoms with Gasteiger partial charge in [0.25, 0.3) is 6.29 Å². The number of nitrogen functional groups attached to an aromatic ring is 1. The first-order valence-electron chi connectivity index (χ1n) is 9.51. The summed E-state index contributed by atoms with van der Waals surface area (Å²) < 4.78 is 18.4. The van der Waals surface area contributed by atoms with Gasteiger partial charge in [0.2, 0.25) is 0 Å². The summed E-state index contributed by atoms with van der Waals surface area (Å²) in [7, 11) is 2.41. The van der Waals surface area contributed by atoms with E-state index in [0.717, 1.165) is 0 Å². The molecule has 0 bridgehead atoms. The first kappa shape index (κ1) is 24.0. The number of carbonyl (C=O) groups excluding carboxylic acids is 2. The Morgan fingerprint density at radius 1 is 1.07 bits per heavy atom. The second-order valence-corrected chi connectivity index (χ2v) is 9.54. The van der Waals surface area contributed by atoms with Gasteiger partial charge in [-0.15, -0.1) is 0 Å². The third kappa shape index (κ3) is 6.09.